The number of fused-ring (bicyclic) bond motifs is 2. The van der Waals surface area contributed by atoms with Crippen LogP contribution in [0.5, 0.6) is 0 Å². The van der Waals surface area contributed by atoms with E-state index in [1.165, 1.54) is 6.33 Å². The topological polar surface area (TPSA) is 84.1 Å². The minimum atomic E-state index is -2.67. The van der Waals surface area contributed by atoms with E-state index in [-0.39, 0.29) is 5.69 Å². The molecule has 0 unspecified atom stereocenters. The Kier molecular flexibility index (Phi) is 4.19. The number of nitrogens with zero attached hydrogens (tertiary/aromatic N) is 6. The smallest absolute Gasteiger partial charge is 0.282 e. The molecule has 0 saturated carbocycles. The van der Waals surface area contributed by atoms with E-state index in [4.69, 9.17) is 0 Å². The Balaban J connectivity index is 1.97. The van der Waals surface area contributed by atoms with Gasteiger partial charge in [-0.25, -0.2) is 28.2 Å². The highest BCUT2D eigenvalue weighted by molar-refractivity contribution is 6.15. The van der Waals surface area contributed by atoms with Crippen molar-refractivity contribution in [3.8, 4) is 11.3 Å². The lowest BCUT2D eigenvalue weighted by Crippen LogP contribution is -2.00. The molecule has 0 bridgehead atoms. The van der Waals surface area contributed by atoms with Crippen LogP contribution in [0, 0.1) is 0 Å². The maximum atomic E-state index is 13.2. The highest BCUT2D eigenvalue weighted by atomic mass is 19.3. The van der Waals surface area contributed by atoms with Gasteiger partial charge in [-0.1, -0.05) is 6.08 Å². The molecule has 4 aromatic rings. The first-order chi connectivity index (χ1) is 13.1. The fourth-order valence-electron chi connectivity index (χ4n) is 2.98. The van der Waals surface area contributed by atoms with Gasteiger partial charge in [0, 0.05) is 30.6 Å². The molecule has 7 nitrogen and oxygen atoms in total. The monoisotopic (exact) mass is 367 g/mol. The third-order valence-electron chi connectivity index (χ3n) is 4.21. The predicted molar refractivity (Wildman–Crippen MR) is 98.9 cm³/mol. The lowest BCUT2D eigenvalue weighted by molar-refractivity contribution is 0.143. The van der Waals surface area contributed by atoms with Crippen LogP contribution < -0.4 is 0 Å². The van der Waals surface area contributed by atoms with Crippen LogP contribution >= 0.6 is 0 Å². The Morgan fingerprint density at radius 1 is 1.26 bits per heavy atom. The standard InChI is InChI=1S/C18H15F2N7/c1-3-10(6-21-2)16-15-11(7-23-18(15)25-9-24-16)12-4-5-14-22-8-13(17(19)20)27(14)26-12/h3-9,17H,1-2H3,(H,23,24,25)/b10-3+,21-6?. The number of H-pyrrole nitrogens is 1. The van der Waals surface area contributed by atoms with Crippen LogP contribution in [0.3, 0.4) is 0 Å². The van der Waals surface area contributed by atoms with Gasteiger partial charge in [-0.3, -0.25) is 4.99 Å². The number of allylic oxidation sites excluding steroid dienone is 2. The summed E-state index contributed by atoms with van der Waals surface area (Å²) in [6, 6.07) is 3.39. The SMILES string of the molecule is C/C=C(\C=NC)c1ncnc2[nH]cc(-c3ccc4ncc(C(F)F)n4n3)c12. The van der Waals surface area contributed by atoms with E-state index in [1.54, 1.807) is 31.6 Å². The van der Waals surface area contributed by atoms with Crippen LogP contribution in [0.1, 0.15) is 24.7 Å². The summed E-state index contributed by atoms with van der Waals surface area (Å²) in [6.07, 6.45) is 5.28. The van der Waals surface area contributed by atoms with Crippen molar-refractivity contribution >= 4 is 28.5 Å². The summed E-state index contributed by atoms with van der Waals surface area (Å²) >= 11 is 0. The van der Waals surface area contributed by atoms with E-state index >= 15 is 0 Å². The van der Waals surface area contributed by atoms with Gasteiger partial charge in [-0.15, -0.1) is 0 Å². The molecule has 0 amide bonds. The maximum Gasteiger partial charge on any atom is 0.282 e. The number of nitrogens with one attached hydrogen (secondary N) is 1. The van der Waals surface area contributed by atoms with Crippen LogP contribution in [0.15, 0.2) is 41.9 Å². The lowest BCUT2D eigenvalue weighted by atomic mass is 10.1. The van der Waals surface area contributed by atoms with Crippen LogP contribution in [-0.4, -0.2) is 42.8 Å². The largest absolute Gasteiger partial charge is 0.345 e. The third-order valence-corrected chi connectivity index (χ3v) is 4.21. The first-order valence-electron chi connectivity index (χ1n) is 8.18. The van der Waals surface area contributed by atoms with Crippen LogP contribution in [0.4, 0.5) is 8.78 Å². The Hall–Kier alpha value is -3.49. The second-order valence-electron chi connectivity index (χ2n) is 5.75. The summed E-state index contributed by atoms with van der Waals surface area (Å²) in [5.74, 6) is 0. The number of hydrogen-bond donors (Lipinski definition) is 1. The van der Waals surface area contributed by atoms with Crippen molar-refractivity contribution in [1.82, 2.24) is 29.5 Å². The fourth-order valence-corrected chi connectivity index (χ4v) is 2.98. The summed E-state index contributed by atoms with van der Waals surface area (Å²) in [6.45, 7) is 1.89. The second kappa shape index (κ2) is 6.67. The molecule has 1 N–H and O–H groups in total. The molecule has 0 atom stereocenters. The van der Waals surface area contributed by atoms with Crippen molar-refractivity contribution < 1.29 is 8.78 Å². The molecule has 4 rings (SSSR count). The minimum Gasteiger partial charge on any atom is -0.345 e. The number of halogens is 2. The maximum absolute atomic E-state index is 13.2. The van der Waals surface area contributed by atoms with Gasteiger partial charge in [0.25, 0.3) is 6.43 Å². The van der Waals surface area contributed by atoms with Crippen LogP contribution in [0.25, 0.3) is 33.5 Å². The molecule has 27 heavy (non-hydrogen) atoms. The molecule has 9 heteroatoms. The van der Waals surface area contributed by atoms with E-state index < -0.39 is 6.43 Å². The fraction of sp³-hybridized carbons (Fsp3) is 0.167. The molecule has 0 aliphatic heterocycles. The summed E-state index contributed by atoms with van der Waals surface area (Å²) in [7, 11) is 1.68. The van der Waals surface area contributed by atoms with Crippen LogP contribution in [0.2, 0.25) is 0 Å². The van der Waals surface area contributed by atoms with E-state index in [2.05, 4.69) is 30.0 Å². The number of hydrogen-bond acceptors (Lipinski definition) is 5. The molecular formula is C18H15F2N7. The van der Waals surface area contributed by atoms with E-state index in [0.29, 0.717) is 28.2 Å². The van der Waals surface area contributed by atoms with Gasteiger partial charge in [-0.05, 0) is 19.1 Å². The van der Waals surface area contributed by atoms with Gasteiger partial charge < -0.3 is 4.98 Å². The quantitative estimate of drug-likeness (QED) is 0.557. The predicted octanol–water partition coefficient (Wildman–Crippen LogP) is 3.71. The zero-order chi connectivity index (χ0) is 19.0. The molecule has 0 aliphatic carbocycles. The summed E-state index contributed by atoms with van der Waals surface area (Å²) in [4.78, 5) is 19.8. The number of imidazole rings is 1. The molecule has 0 saturated heterocycles. The van der Waals surface area contributed by atoms with E-state index in [1.807, 2.05) is 13.0 Å². The molecule has 0 aromatic carbocycles. The summed E-state index contributed by atoms with van der Waals surface area (Å²) in [5, 5.41) is 5.11. The van der Waals surface area contributed by atoms with Crippen molar-refractivity contribution in [1.29, 1.82) is 0 Å². The molecule has 0 fully saturated rings. The van der Waals surface area contributed by atoms with Crippen molar-refractivity contribution in [2.24, 2.45) is 4.99 Å². The van der Waals surface area contributed by atoms with Gasteiger partial charge in [0.1, 0.15) is 17.7 Å². The normalized spacial score (nSPS) is 12.9. The molecule has 136 valence electrons. The van der Waals surface area contributed by atoms with Gasteiger partial charge in [0.15, 0.2) is 5.65 Å². The number of rotatable bonds is 4. The van der Waals surface area contributed by atoms with Gasteiger partial charge in [-0.2, -0.15) is 5.10 Å². The zero-order valence-corrected chi connectivity index (χ0v) is 14.6. The Morgan fingerprint density at radius 3 is 2.85 bits per heavy atom. The Morgan fingerprint density at radius 2 is 2.11 bits per heavy atom. The number of aromatic amines is 1. The lowest BCUT2D eigenvalue weighted by Gasteiger charge is -2.06. The third kappa shape index (κ3) is 2.77. The molecule has 4 heterocycles. The minimum absolute atomic E-state index is 0.254. The molecule has 4 aromatic heterocycles. The molecule has 0 radical (unpaired) electrons. The van der Waals surface area contributed by atoms with Gasteiger partial charge in [0.2, 0.25) is 0 Å². The van der Waals surface area contributed by atoms with E-state index in [0.717, 1.165) is 21.7 Å². The first kappa shape index (κ1) is 17.0. The van der Waals surface area contributed by atoms with Crippen LogP contribution in [-0.2, 0) is 0 Å². The number of alkyl halides is 2. The van der Waals surface area contributed by atoms with Crippen molar-refractivity contribution in [3.05, 3.63) is 48.3 Å². The average molecular weight is 367 g/mol. The molecule has 0 aliphatic rings. The van der Waals surface area contributed by atoms with Crippen molar-refractivity contribution in [3.63, 3.8) is 0 Å². The summed E-state index contributed by atoms with van der Waals surface area (Å²) in [5.41, 5.74) is 3.45. The summed E-state index contributed by atoms with van der Waals surface area (Å²) < 4.78 is 27.6. The highest BCUT2D eigenvalue weighted by Gasteiger charge is 2.18. The Labute approximate surface area is 152 Å². The second-order valence-corrected chi connectivity index (χ2v) is 5.75. The number of aliphatic imine (C=N–C) groups is 1. The molecule has 0 spiro atoms. The van der Waals surface area contributed by atoms with Gasteiger partial charge in [0.05, 0.1) is 23.0 Å². The van der Waals surface area contributed by atoms with E-state index in [9.17, 15) is 8.78 Å². The Bertz CT molecular complexity index is 1190. The zero-order valence-electron chi connectivity index (χ0n) is 14.6. The molecular weight excluding hydrogens is 352 g/mol. The number of aromatic nitrogens is 6. The van der Waals surface area contributed by atoms with Crippen molar-refractivity contribution in [2.75, 3.05) is 7.05 Å². The van der Waals surface area contributed by atoms with Crippen molar-refractivity contribution in [2.45, 2.75) is 13.3 Å². The first-order valence-corrected chi connectivity index (χ1v) is 8.18. The van der Waals surface area contributed by atoms with Gasteiger partial charge >= 0.3 is 0 Å². The highest BCUT2D eigenvalue weighted by Crippen LogP contribution is 2.31. The average Bonchev–Trinajstić information content (AvgIpc) is 3.29.